The lowest BCUT2D eigenvalue weighted by atomic mass is 9.95. The van der Waals surface area contributed by atoms with Crippen LogP contribution in [0.3, 0.4) is 0 Å². The third-order valence-corrected chi connectivity index (χ3v) is 3.26. The predicted molar refractivity (Wildman–Crippen MR) is 60.5 cm³/mol. The summed E-state index contributed by atoms with van der Waals surface area (Å²) in [6.07, 6.45) is 8.12. The number of hydrogen-bond donors (Lipinski definition) is 1. The fraction of sp³-hybridized carbons (Fsp3) is 1.00. The van der Waals surface area contributed by atoms with Crippen molar-refractivity contribution < 1.29 is 4.74 Å². The molecule has 1 aliphatic rings. The summed E-state index contributed by atoms with van der Waals surface area (Å²) in [5, 5.41) is 3.67. The first-order valence-corrected chi connectivity index (χ1v) is 6.10. The molecule has 0 amide bonds. The van der Waals surface area contributed by atoms with Crippen LogP contribution < -0.4 is 5.32 Å². The van der Waals surface area contributed by atoms with Crippen LogP contribution in [0.15, 0.2) is 0 Å². The van der Waals surface area contributed by atoms with Crippen LogP contribution in [0.5, 0.6) is 0 Å². The van der Waals surface area contributed by atoms with E-state index in [1.165, 1.54) is 38.5 Å². The van der Waals surface area contributed by atoms with Crippen molar-refractivity contribution in [2.75, 3.05) is 20.3 Å². The van der Waals surface area contributed by atoms with Gasteiger partial charge in [0.1, 0.15) is 0 Å². The van der Waals surface area contributed by atoms with E-state index in [-0.39, 0.29) is 0 Å². The van der Waals surface area contributed by atoms with E-state index in [4.69, 9.17) is 4.74 Å². The van der Waals surface area contributed by atoms with Gasteiger partial charge in [0.2, 0.25) is 0 Å². The molecular weight excluding hydrogens is 174 g/mol. The number of hydrogen-bond acceptors (Lipinski definition) is 2. The molecule has 0 radical (unpaired) electrons. The van der Waals surface area contributed by atoms with E-state index in [1.54, 1.807) is 7.11 Å². The van der Waals surface area contributed by atoms with Crippen LogP contribution in [0.1, 0.15) is 45.4 Å². The number of methoxy groups -OCH3 is 1. The Morgan fingerprint density at radius 2 is 2.07 bits per heavy atom. The average Bonchev–Trinajstić information content (AvgIpc) is 2.71. The van der Waals surface area contributed by atoms with Crippen molar-refractivity contribution in [3.8, 4) is 0 Å². The Balaban J connectivity index is 2.26. The topological polar surface area (TPSA) is 21.3 Å². The second-order valence-corrected chi connectivity index (χ2v) is 4.39. The van der Waals surface area contributed by atoms with Crippen molar-refractivity contribution in [1.29, 1.82) is 0 Å². The largest absolute Gasteiger partial charge is 0.385 e. The fourth-order valence-corrected chi connectivity index (χ4v) is 2.44. The van der Waals surface area contributed by atoms with E-state index in [0.717, 1.165) is 19.1 Å². The first kappa shape index (κ1) is 12.0. The lowest BCUT2D eigenvalue weighted by molar-refractivity contribution is 0.170. The lowest BCUT2D eigenvalue weighted by Gasteiger charge is -2.24. The van der Waals surface area contributed by atoms with Crippen molar-refractivity contribution in [3.05, 3.63) is 0 Å². The molecule has 14 heavy (non-hydrogen) atoms. The van der Waals surface area contributed by atoms with Gasteiger partial charge in [0, 0.05) is 19.8 Å². The molecule has 1 unspecified atom stereocenters. The van der Waals surface area contributed by atoms with Crippen LogP contribution in [0.4, 0.5) is 0 Å². The second kappa shape index (κ2) is 7.24. The minimum atomic E-state index is 0.706. The maximum Gasteiger partial charge on any atom is 0.0477 e. The molecule has 1 atom stereocenters. The van der Waals surface area contributed by atoms with Gasteiger partial charge >= 0.3 is 0 Å². The molecule has 0 heterocycles. The van der Waals surface area contributed by atoms with Crippen molar-refractivity contribution in [2.45, 2.75) is 51.5 Å². The van der Waals surface area contributed by atoms with Crippen molar-refractivity contribution in [1.82, 2.24) is 5.32 Å². The molecule has 0 spiro atoms. The van der Waals surface area contributed by atoms with E-state index < -0.39 is 0 Å². The number of nitrogens with one attached hydrogen (secondary N) is 1. The quantitative estimate of drug-likeness (QED) is 0.680. The van der Waals surface area contributed by atoms with Gasteiger partial charge in [-0.1, -0.05) is 19.8 Å². The zero-order chi connectivity index (χ0) is 10.2. The van der Waals surface area contributed by atoms with Gasteiger partial charge in [0.15, 0.2) is 0 Å². The van der Waals surface area contributed by atoms with Crippen LogP contribution in [-0.2, 0) is 4.74 Å². The van der Waals surface area contributed by atoms with Gasteiger partial charge < -0.3 is 10.1 Å². The average molecular weight is 199 g/mol. The molecule has 2 heteroatoms. The summed E-state index contributed by atoms with van der Waals surface area (Å²) in [6.45, 7) is 4.29. The number of rotatable bonds is 7. The molecule has 0 aromatic heterocycles. The smallest absolute Gasteiger partial charge is 0.0477 e. The van der Waals surface area contributed by atoms with Gasteiger partial charge in [0.25, 0.3) is 0 Å². The first-order valence-electron chi connectivity index (χ1n) is 6.10. The normalized spacial score (nSPS) is 20.1. The predicted octanol–water partition coefficient (Wildman–Crippen LogP) is 2.58. The third-order valence-electron chi connectivity index (χ3n) is 3.26. The molecule has 0 aliphatic heterocycles. The highest BCUT2D eigenvalue weighted by atomic mass is 16.5. The Kier molecular flexibility index (Phi) is 6.20. The molecule has 1 aliphatic carbocycles. The Hall–Kier alpha value is -0.0800. The van der Waals surface area contributed by atoms with E-state index in [9.17, 15) is 0 Å². The molecule has 84 valence electrons. The van der Waals surface area contributed by atoms with Crippen LogP contribution in [0.25, 0.3) is 0 Å². The Bertz CT molecular complexity index is 124. The lowest BCUT2D eigenvalue weighted by Crippen LogP contribution is -2.36. The van der Waals surface area contributed by atoms with Gasteiger partial charge in [-0.15, -0.1) is 0 Å². The molecule has 0 aromatic rings. The third kappa shape index (κ3) is 3.97. The number of ether oxygens (including phenoxy) is 1. The second-order valence-electron chi connectivity index (χ2n) is 4.39. The first-order chi connectivity index (χ1) is 6.88. The fourth-order valence-electron chi connectivity index (χ4n) is 2.44. The molecule has 0 saturated heterocycles. The molecule has 2 nitrogen and oxygen atoms in total. The highest BCUT2D eigenvalue weighted by Gasteiger charge is 2.23. The van der Waals surface area contributed by atoms with Crippen LogP contribution in [0.2, 0.25) is 0 Å². The monoisotopic (exact) mass is 199 g/mol. The van der Waals surface area contributed by atoms with Crippen LogP contribution in [-0.4, -0.2) is 26.3 Å². The van der Waals surface area contributed by atoms with Gasteiger partial charge in [-0.2, -0.15) is 0 Å². The molecule has 1 N–H and O–H groups in total. The van der Waals surface area contributed by atoms with Crippen molar-refractivity contribution in [2.24, 2.45) is 5.92 Å². The van der Waals surface area contributed by atoms with Crippen LogP contribution in [0, 0.1) is 5.92 Å². The summed E-state index contributed by atoms with van der Waals surface area (Å²) in [4.78, 5) is 0. The van der Waals surface area contributed by atoms with E-state index in [1.807, 2.05) is 0 Å². The molecule has 0 bridgehead atoms. The van der Waals surface area contributed by atoms with Crippen LogP contribution >= 0.6 is 0 Å². The molecule has 0 aromatic carbocycles. The summed E-state index contributed by atoms with van der Waals surface area (Å²) < 4.78 is 5.17. The van der Waals surface area contributed by atoms with Gasteiger partial charge in [-0.25, -0.2) is 0 Å². The zero-order valence-corrected chi connectivity index (χ0v) is 9.72. The molecule has 1 rings (SSSR count). The maximum atomic E-state index is 5.17. The van der Waals surface area contributed by atoms with E-state index >= 15 is 0 Å². The van der Waals surface area contributed by atoms with Crippen molar-refractivity contribution in [3.63, 3.8) is 0 Å². The molecule has 1 saturated carbocycles. The minimum Gasteiger partial charge on any atom is -0.385 e. The summed E-state index contributed by atoms with van der Waals surface area (Å²) in [5.74, 6) is 0.914. The highest BCUT2D eigenvalue weighted by Crippen LogP contribution is 2.28. The van der Waals surface area contributed by atoms with Gasteiger partial charge in [-0.05, 0) is 38.1 Å². The van der Waals surface area contributed by atoms with Gasteiger partial charge in [0.05, 0.1) is 0 Å². The van der Waals surface area contributed by atoms with E-state index in [2.05, 4.69) is 12.2 Å². The molecule has 1 fully saturated rings. The highest BCUT2D eigenvalue weighted by molar-refractivity contribution is 4.80. The summed E-state index contributed by atoms with van der Waals surface area (Å²) >= 11 is 0. The van der Waals surface area contributed by atoms with Crippen molar-refractivity contribution >= 4 is 0 Å². The van der Waals surface area contributed by atoms with E-state index in [0.29, 0.717) is 6.04 Å². The summed E-state index contributed by atoms with van der Waals surface area (Å²) in [6, 6.07) is 0.706. The minimum absolute atomic E-state index is 0.706. The Morgan fingerprint density at radius 1 is 1.36 bits per heavy atom. The SMILES string of the molecule is CCCNC(CCOC)C1CCCC1. The Labute approximate surface area is 88.4 Å². The standard InChI is InChI=1S/C12H25NO/c1-3-9-13-12(8-10-14-2)11-6-4-5-7-11/h11-13H,3-10H2,1-2H3. The Morgan fingerprint density at radius 3 is 2.64 bits per heavy atom. The summed E-state index contributed by atoms with van der Waals surface area (Å²) in [5.41, 5.74) is 0. The van der Waals surface area contributed by atoms with Gasteiger partial charge in [-0.3, -0.25) is 0 Å². The maximum absolute atomic E-state index is 5.17. The summed E-state index contributed by atoms with van der Waals surface area (Å²) in [7, 11) is 1.80. The molecular formula is C12H25NO. The zero-order valence-electron chi connectivity index (χ0n) is 9.72.